The van der Waals surface area contributed by atoms with Crippen LogP contribution in [0.15, 0.2) is 35.7 Å². The third-order valence-corrected chi connectivity index (χ3v) is 5.18. The summed E-state index contributed by atoms with van der Waals surface area (Å²) in [7, 11) is -2.11. The Kier molecular flexibility index (Phi) is 4.81. The molecule has 0 radical (unpaired) electrons. The second kappa shape index (κ2) is 6.40. The van der Waals surface area contributed by atoms with Crippen LogP contribution in [0.5, 0.6) is 0 Å². The van der Waals surface area contributed by atoms with Crippen molar-refractivity contribution in [1.29, 1.82) is 0 Å². The molecular formula is C12H15N3O3S2. The maximum Gasteiger partial charge on any atom is 0.245 e. The predicted octanol–water partition coefficient (Wildman–Crippen LogP) is 1.51. The van der Waals surface area contributed by atoms with E-state index in [4.69, 9.17) is 4.74 Å². The molecule has 0 aliphatic heterocycles. The van der Waals surface area contributed by atoms with Crippen LogP contribution in [0.3, 0.4) is 0 Å². The molecule has 1 aromatic heterocycles. The molecule has 108 valence electrons. The molecule has 20 heavy (non-hydrogen) atoms. The fourth-order valence-corrected chi connectivity index (χ4v) is 3.92. The van der Waals surface area contributed by atoms with Gasteiger partial charge in [0, 0.05) is 20.2 Å². The van der Waals surface area contributed by atoms with Gasteiger partial charge in [-0.1, -0.05) is 12.1 Å². The Morgan fingerprint density at radius 3 is 2.95 bits per heavy atom. The standard InChI is InChI=1S/C12H15N3O3S2/c1-3-7-15(8-9-18-2)20(16,17)11-6-4-5-10-12(11)14-19-13-10/h3-6H,1,7-9H2,2H3. The Morgan fingerprint density at radius 1 is 1.45 bits per heavy atom. The normalized spacial score (nSPS) is 12.1. The molecule has 2 aromatic rings. The van der Waals surface area contributed by atoms with Gasteiger partial charge in [0.25, 0.3) is 0 Å². The number of sulfonamides is 1. The summed E-state index contributed by atoms with van der Waals surface area (Å²) in [4.78, 5) is 0.168. The molecule has 1 heterocycles. The van der Waals surface area contributed by atoms with Crippen LogP contribution in [-0.4, -0.2) is 48.3 Å². The zero-order chi connectivity index (χ0) is 14.6. The second-order valence-electron chi connectivity index (χ2n) is 4.03. The summed E-state index contributed by atoms with van der Waals surface area (Å²) in [6, 6.07) is 4.95. The summed E-state index contributed by atoms with van der Waals surface area (Å²) in [6.07, 6.45) is 1.55. The molecule has 0 bridgehead atoms. The fourth-order valence-electron chi connectivity index (χ4n) is 1.78. The number of hydrogen-bond donors (Lipinski definition) is 0. The smallest absolute Gasteiger partial charge is 0.245 e. The molecule has 0 unspecified atom stereocenters. The molecule has 1 aromatic carbocycles. The Hall–Kier alpha value is -1.35. The predicted molar refractivity (Wildman–Crippen MR) is 78.2 cm³/mol. The molecule has 0 fully saturated rings. The zero-order valence-corrected chi connectivity index (χ0v) is 12.7. The van der Waals surface area contributed by atoms with Gasteiger partial charge in [0.15, 0.2) is 0 Å². The van der Waals surface area contributed by atoms with Gasteiger partial charge in [-0.05, 0) is 12.1 Å². The van der Waals surface area contributed by atoms with Crippen LogP contribution in [0.4, 0.5) is 0 Å². The molecule has 0 saturated heterocycles. The Morgan fingerprint density at radius 2 is 2.25 bits per heavy atom. The lowest BCUT2D eigenvalue weighted by molar-refractivity contribution is 0.182. The van der Waals surface area contributed by atoms with E-state index in [1.54, 1.807) is 24.3 Å². The summed E-state index contributed by atoms with van der Waals surface area (Å²) >= 11 is 0.998. The molecule has 0 spiro atoms. The molecule has 0 aliphatic carbocycles. The molecule has 8 heteroatoms. The molecule has 0 saturated carbocycles. The van der Waals surface area contributed by atoms with Gasteiger partial charge in [-0.2, -0.15) is 13.1 Å². The third kappa shape index (κ3) is 2.88. The molecule has 6 nitrogen and oxygen atoms in total. The topological polar surface area (TPSA) is 72.4 Å². The van der Waals surface area contributed by atoms with Gasteiger partial charge in [0.1, 0.15) is 15.9 Å². The molecular weight excluding hydrogens is 298 g/mol. The van der Waals surface area contributed by atoms with Crippen molar-refractivity contribution in [3.8, 4) is 0 Å². The quantitative estimate of drug-likeness (QED) is 0.725. The number of benzene rings is 1. The van der Waals surface area contributed by atoms with Crippen molar-refractivity contribution in [3.63, 3.8) is 0 Å². The van der Waals surface area contributed by atoms with Gasteiger partial charge >= 0.3 is 0 Å². The van der Waals surface area contributed by atoms with Crippen LogP contribution >= 0.6 is 11.7 Å². The van der Waals surface area contributed by atoms with Crippen LogP contribution in [-0.2, 0) is 14.8 Å². The van der Waals surface area contributed by atoms with E-state index in [1.807, 2.05) is 0 Å². The summed E-state index contributed by atoms with van der Waals surface area (Å²) in [6.45, 7) is 4.40. The third-order valence-electron chi connectivity index (χ3n) is 2.74. The van der Waals surface area contributed by atoms with Gasteiger partial charge in [0.05, 0.1) is 18.3 Å². The van der Waals surface area contributed by atoms with E-state index in [2.05, 4.69) is 15.3 Å². The number of ether oxygens (including phenoxy) is 1. The lowest BCUT2D eigenvalue weighted by atomic mass is 10.3. The SMILES string of the molecule is C=CCN(CCOC)S(=O)(=O)c1cccc2nsnc12. The summed E-state index contributed by atoms with van der Waals surface area (Å²) < 4.78 is 39.8. The van der Waals surface area contributed by atoms with Gasteiger partial charge in [-0.3, -0.25) is 0 Å². The van der Waals surface area contributed by atoms with Crippen molar-refractivity contribution >= 4 is 32.8 Å². The summed E-state index contributed by atoms with van der Waals surface area (Å²) in [5, 5.41) is 0. The summed E-state index contributed by atoms with van der Waals surface area (Å²) in [5.41, 5.74) is 0.991. The molecule has 2 rings (SSSR count). The zero-order valence-electron chi connectivity index (χ0n) is 11.0. The number of hydrogen-bond acceptors (Lipinski definition) is 6. The van der Waals surface area contributed by atoms with E-state index in [0.29, 0.717) is 17.6 Å². The van der Waals surface area contributed by atoms with Crippen molar-refractivity contribution in [2.45, 2.75) is 4.90 Å². The van der Waals surface area contributed by atoms with E-state index < -0.39 is 10.0 Å². The van der Waals surface area contributed by atoms with E-state index >= 15 is 0 Å². The van der Waals surface area contributed by atoms with E-state index in [-0.39, 0.29) is 18.0 Å². The summed E-state index contributed by atoms with van der Waals surface area (Å²) in [5.74, 6) is 0. The van der Waals surface area contributed by atoms with Crippen molar-refractivity contribution in [1.82, 2.24) is 13.1 Å². The largest absolute Gasteiger partial charge is 0.383 e. The Balaban J connectivity index is 2.46. The van der Waals surface area contributed by atoms with Gasteiger partial charge < -0.3 is 4.74 Å². The lowest BCUT2D eigenvalue weighted by Gasteiger charge is -2.20. The number of methoxy groups -OCH3 is 1. The van der Waals surface area contributed by atoms with Crippen molar-refractivity contribution in [2.75, 3.05) is 26.8 Å². The number of nitrogens with zero attached hydrogens (tertiary/aromatic N) is 3. The maximum atomic E-state index is 12.7. The second-order valence-corrected chi connectivity index (χ2v) is 6.47. The van der Waals surface area contributed by atoms with Crippen molar-refractivity contribution < 1.29 is 13.2 Å². The van der Waals surface area contributed by atoms with Crippen molar-refractivity contribution in [2.24, 2.45) is 0 Å². The van der Waals surface area contributed by atoms with E-state index in [9.17, 15) is 8.42 Å². The first kappa shape index (κ1) is 15.0. The molecule has 0 amide bonds. The number of fused-ring (bicyclic) bond motifs is 1. The fraction of sp³-hybridized carbons (Fsp3) is 0.333. The van der Waals surface area contributed by atoms with Crippen LogP contribution in [0.25, 0.3) is 11.0 Å². The average molecular weight is 313 g/mol. The van der Waals surface area contributed by atoms with Gasteiger partial charge in [0.2, 0.25) is 10.0 Å². The number of rotatable bonds is 7. The first-order chi connectivity index (χ1) is 9.61. The van der Waals surface area contributed by atoms with E-state index in [0.717, 1.165) is 11.7 Å². The average Bonchev–Trinajstić information content (AvgIpc) is 2.91. The highest BCUT2D eigenvalue weighted by atomic mass is 32.2. The molecule has 0 aliphatic rings. The first-order valence-corrected chi connectivity index (χ1v) is 8.09. The highest BCUT2D eigenvalue weighted by Gasteiger charge is 2.26. The Bertz CT molecular complexity index is 697. The highest BCUT2D eigenvalue weighted by molar-refractivity contribution is 7.89. The van der Waals surface area contributed by atoms with Crippen LogP contribution < -0.4 is 0 Å². The lowest BCUT2D eigenvalue weighted by Crippen LogP contribution is -2.34. The van der Waals surface area contributed by atoms with Crippen molar-refractivity contribution in [3.05, 3.63) is 30.9 Å². The molecule has 0 N–H and O–H groups in total. The van der Waals surface area contributed by atoms with Crippen LogP contribution in [0.2, 0.25) is 0 Å². The molecule has 0 atom stereocenters. The minimum absolute atomic E-state index is 0.168. The first-order valence-electron chi connectivity index (χ1n) is 5.92. The van der Waals surface area contributed by atoms with Crippen LogP contribution in [0.1, 0.15) is 0 Å². The minimum Gasteiger partial charge on any atom is -0.383 e. The monoisotopic (exact) mass is 313 g/mol. The maximum absolute atomic E-state index is 12.7. The van der Waals surface area contributed by atoms with E-state index in [1.165, 1.54) is 11.4 Å². The van der Waals surface area contributed by atoms with Gasteiger partial charge in [-0.15, -0.1) is 6.58 Å². The Labute approximate surface area is 122 Å². The minimum atomic E-state index is -3.65. The van der Waals surface area contributed by atoms with Crippen LogP contribution in [0, 0.1) is 0 Å². The van der Waals surface area contributed by atoms with Gasteiger partial charge in [-0.25, -0.2) is 8.42 Å². The highest BCUT2D eigenvalue weighted by Crippen LogP contribution is 2.24. The number of aromatic nitrogens is 2.